The molecular formula is C18H12ClN3. The lowest BCUT2D eigenvalue weighted by molar-refractivity contribution is 1.06. The predicted octanol–water partition coefficient (Wildman–Crippen LogP) is 4.42. The maximum atomic E-state index is 6.29. The van der Waals surface area contributed by atoms with Crippen LogP contribution in [0.5, 0.6) is 0 Å². The molecule has 0 N–H and O–H groups in total. The Labute approximate surface area is 132 Å². The van der Waals surface area contributed by atoms with Gasteiger partial charge in [0.05, 0.1) is 5.69 Å². The van der Waals surface area contributed by atoms with Crippen molar-refractivity contribution in [1.82, 2.24) is 15.0 Å². The molecule has 0 unspecified atom stereocenters. The molecular weight excluding hydrogens is 294 g/mol. The van der Waals surface area contributed by atoms with Gasteiger partial charge in [-0.05, 0) is 5.56 Å². The van der Waals surface area contributed by atoms with Gasteiger partial charge in [-0.1, -0.05) is 66.2 Å². The number of hydrogen-bond donors (Lipinski definition) is 0. The van der Waals surface area contributed by atoms with Crippen LogP contribution in [-0.4, -0.2) is 15.0 Å². The van der Waals surface area contributed by atoms with Gasteiger partial charge in [0.15, 0.2) is 10.8 Å². The number of fused-ring (bicyclic) bond motifs is 3. The monoisotopic (exact) mass is 305 g/mol. The van der Waals surface area contributed by atoms with E-state index in [0.29, 0.717) is 17.2 Å². The van der Waals surface area contributed by atoms with Crippen LogP contribution >= 0.6 is 11.6 Å². The fourth-order valence-electron chi connectivity index (χ4n) is 2.57. The summed E-state index contributed by atoms with van der Waals surface area (Å²) >= 11 is 6.29. The topological polar surface area (TPSA) is 38.7 Å². The molecule has 22 heavy (non-hydrogen) atoms. The normalized spacial score (nSPS) is 11.1. The van der Waals surface area contributed by atoms with Crippen molar-refractivity contribution in [2.45, 2.75) is 6.42 Å². The van der Waals surface area contributed by atoms with Crippen LogP contribution in [-0.2, 0) is 6.42 Å². The molecule has 3 nitrogen and oxygen atoms in total. The summed E-state index contributed by atoms with van der Waals surface area (Å²) in [6, 6.07) is 18.2. The van der Waals surface area contributed by atoms with Crippen LogP contribution in [0.15, 0.2) is 60.8 Å². The van der Waals surface area contributed by atoms with E-state index in [1.807, 2.05) is 42.5 Å². The number of halogens is 1. The van der Waals surface area contributed by atoms with Crippen LogP contribution in [0.25, 0.3) is 21.9 Å². The van der Waals surface area contributed by atoms with Crippen molar-refractivity contribution in [3.8, 4) is 0 Å². The second-order valence-corrected chi connectivity index (χ2v) is 5.50. The number of pyridine rings is 1. The summed E-state index contributed by atoms with van der Waals surface area (Å²) in [5, 5.41) is 2.52. The average Bonchev–Trinajstić information content (AvgIpc) is 2.56. The van der Waals surface area contributed by atoms with Crippen LogP contribution in [0.2, 0.25) is 5.15 Å². The first-order chi connectivity index (χ1) is 10.8. The molecule has 0 radical (unpaired) electrons. The summed E-state index contributed by atoms with van der Waals surface area (Å²) in [7, 11) is 0. The summed E-state index contributed by atoms with van der Waals surface area (Å²) in [6.45, 7) is 0. The minimum Gasteiger partial charge on any atom is -0.245 e. The lowest BCUT2D eigenvalue weighted by atomic mass is 10.1. The predicted molar refractivity (Wildman–Crippen MR) is 89.1 cm³/mol. The van der Waals surface area contributed by atoms with Gasteiger partial charge in [-0.2, -0.15) is 0 Å². The number of rotatable bonds is 2. The maximum absolute atomic E-state index is 6.29. The van der Waals surface area contributed by atoms with Crippen LogP contribution in [0.4, 0.5) is 0 Å². The van der Waals surface area contributed by atoms with Gasteiger partial charge < -0.3 is 0 Å². The molecule has 0 aliphatic heterocycles. The van der Waals surface area contributed by atoms with E-state index in [1.165, 1.54) is 0 Å². The van der Waals surface area contributed by atoms with E-state index in [4.69, 9.17) is 16.6 Å². The number of aromatic nitrogens is 3. The minimum atomic E-state index is 0.416. The van der Waals surface area contributed by atoms with Crippen molar-refractivity contribution < 1.29 is 0 Å². The standard InChI is InChI=1S/C18H12ClN3/c19-17-15(10-12-6-2-1-3-7-12)21-16-14-9-5-4-8-13(14)11-20-18(16)22-17/h1-9,11H,10H2. The summed E-state index contributed by atoms with van der Waals surface area (Å²) < 4.78 is 0. The first-order valence-corrected chi connectivity index (χ1v) is 7.43. The Hall–Kier alpha value is -2.52. The Morgan fingerprint density at radius 3 is 2.50 bits per heavy atom. The SMILES string of the molecule is Clc1nc2ncc3ccccc3c2nc1Cc1ccccc1. The van der Waals surface area contributed by atoms with Crippen LogP contribution in [0.3, 0.4) is 0 Å². The molecule has 0 bridgehead atoms. The smallest absolute Gasteiger partial charge is 0.180 e. The fourth-order valence-corrected chi connectivity index (χ4v) is 2.76. The third kappa shape index (κ3) is 2.30. The van der Waals surface area contributed by atoms with E-state index in [2.05, 4.69) is 22.1 Å². The second kappa shape index (κ2) is 5.35. The average molecular weight is 306 g/mol. The van der Waals surface area contributed by atoms with E-state index in [0.717, 1.165) is 27.5 Å². The van der Waals surface area contributed by atoms with Crippen LogP contribution in [0.1, 0.15) is 11.3 Å². The molecule has 4 rings (SSSR count). The van der Waals surface area contributed by atoms with Crippen molar-refractivity contribution in [3.63, 3.8) is 0 Å². The zero-order valence-corrected chi connectivity index (χ0v) is 12.5. The van der Waals surface area contributed by atoms with Crippen LogP contribution in [0, 0.1) is 0 Å². The van der Waals surface area contributed by atoms with Gasteiger partial charge in [-0.3, -0.25) is 0 Å². The van der Waals surface area contributed by atoms with Gasteiger partial charge in [0, 0.05) is 23.4 Å². The minimum absolute atomic E-state index is 0.416. The Kier molecular flexibility index (Phi) is 3.20. The van der Waals surface area contributed by atoms with Gasteiger partial charge in [0.2, 0.25) is 0 Å². The molecule has 4 aromatic rings. The molecule has 0 saturated carbocycles. The summed E-state index contributed by atoms with van der Waals surface area (Å²) in [5.74, 6) is 0. The van der Waals surface area contributed by atoms with Gasteiger partial charge in [-0.15, -0.1) is 0 Å². The van der Waals surface area contributed by atoms with E-state index < -0.39 is 0 Å². The molecule has 4 heteroatoms. The zero-order valence-electron chi connectivity index (χ0n) is 11.7. The maximum Gasteiger partial charge on any atom is 0.180 e. The van der Waals surface area contributed by atoms with Gasteiger partial charge in [0.25, 0.3) is 0 Å². The Morgan fingerprint density at radius 2 is 1.64 bits per heavy atom. The quantitative estimate of drug-likeness (QED) is 0.514. The largest absolute Gasteiger partial charge is 0.245 e. The molecule has 106 valence electrons. The molecule has 2 heterocycles. The van der Waals surface area contributed by atoms with E-state index >= 15 is 0 Å². The Bertz CT molecular complexity index is 968. The number of hydrogen-bond acceptors (Lipinski definition) is 3. The highest BCUT2D eigenvalue weighted by Gasteiger charge is 2.11. The summed E-state index contributed by atoms with van der Waals surface area (Å²) in [6.07, 6.45) is 2.46. The van der Waals surface area contributed by atoms with Crippen molar-refractivity contribution in [3.05, 3.63) is 77.2 Å². The zero-order chi connectivity index (χ0) is 14.9. The molecule has 0 aliphatic rings. The van der Waals surface area contributed by atoms with Crippen molar-refractivity contribution in [1.29, 1.82) is 0 Å². The number of nitrogens with zero attached hydrogens (tertiary/aromatic N) is 3. The molecule has 2 aromatic carbocycles. The van der Waals surface area contributed by atoms with Crippen molar-refractivity contribution in [2.75, 3.05) is 0 Å². The number of benzene rings is 2. The second-order valence-electron chi connectivity index (χ2n) is 5.14. The third-order valence-electron chi connectivity index (χ3n) is 3.66. The summed E-state index contributed by atoms with van der Waals surface area (Å²) in [4.78, 5) is 13.5. The molecule has 0 amide bonds. The highest BCUT2D eigenvalue weighted by molar-refractivity contribution is 6.30. The first-order valence-electron chi connectivity index (χ1n) is 7.05. The highest BCUT2D eigenvalue weighted by Crippen LogP contribution is 2.24. The van der Waals surface area contributed by atoms with Crippen molar-refractivity contribution in [2.24, 2.45) is 0 Å². The molecule has 0 atom stereocenters. The lowest BCUT2D eigenvalue weighted by Gasteiger charge is -2.07. The van der Waals surface area contributed by atoms with E-state index in [-0.39, 0.29) is 0 Å². The third-order valence-corrected chi connectivity index (χ3v) is 3.96. The van der Waals surface area contributed by atoms with Crippen LogP contribution < -0.4 is 0 Å². The van der Waals surface area contributed by atoms with E-state index in [1.54, 1.807) is 6.20 Å². The molecule has 0 saturated heterocycles. The fraction of sp³-hybridized carbons (Fsp3) is 0.0556. The van der Waals surface area contributed by atoms with Gasteiger partial charge >= 0.3 is 0 Å². The van der Waals surface area contributed by atoms with E-state index in [9.17, 15) is 0 Å². The van der Waals surface area contributed by atoms with Crippen molar-refractivity contribution >= 4 is 33.5 Å². The Morgan fingerprint density at radius 1 is 0.864 bits per heavy atom. The lowest BCUT2D eigenvalue weighted by Crippen LogP contribution is -1.99. The van der Waals surface area contributed by atoms with Gasteiger partial charge in [0.1, 0.15) is 5.52 Å². The molecule has 0 fully saturated rings. The Balaban J connectivity index is 1.92. The summed E-state index contributed by atoms with van der Waals surface area (Å²) in [5.41, 5.74) is 3.32. The molecule has 0 aliphatic carbocycles. The molecule has 0 spiro atoms. The molecule has 2 aromatic heterocycles. The van der Waals surface area contributed by atoms with Gasteiger partial charge in [-0.25, -0.2) is 15.0 Å². The first kappa shape index (κ1) is 13.2. The highest BCUT2D eigenvalue weighted by atomic mass is 35.5.